The maximum atomic E-state index is 13.6. The molecule has 4 aromatic rings. The Balaban J connectivity index is 0.00000312. The smallest absolute Gasteiger partial charge is 0.543 e. The van der Waals surface area contributed by atoms with Gasteiger partial charge in [-0.05, 0) is 67.9 Å². The number of rotatable bonds is 5. The van der Waals surface area contributed by atoms with Gasteiger partial charge in [-0.25, -0.2) is 14.5 Å². The molecule has 0 radical (unpaired) electrons. The molecule has 11 heteroatoms. The zero-order valence-electron chi connectivity index (χ0n) is 25.3. The number of carbonyl (C=O) groups is 2. The number of anilines is 2. The Morgan fingerprint density at radius 2 is 1.70 bits per heavy atom. The Morgan fingerprint density at radius 3 is 2.45 bits per heavy atom. The molecule has 2 atom stereocenters. The number of nitrogens with zero attached hydrogens (tertiary/aromatic N) is 7. The maximum Gasteiger partial charge on any atom is 1.00 e. The van der Waals surface area contributed by atoms with Crippen molar-refractivity contribution in [3.63, 3.8) is 0 Å². The number of aromatic carboxylic acids is 1. The second kappa shape index (κ2) is 10.6. The number of carboxylic acid groups (broad SMARTS) is 1. The second-order valence-electron chi connectivity index (χ2n) is 13.1. The Labute approximate surface area is 268 Å². The van der Waals surface area contributed by atoms with E-state index < -0.39 is 5.97 Å². The number of fused-ring (bicyclic) bond motifs is 1. The zero-order chi connectivity index (χ0) is 29.3. The molecule has 6 heterocycles. The minimum absolute atomic E-state index is 0. The molecular formula is C33H34LiN7O3. The molecule has 4 fully saturated rings. The summed E-state index contributed by atoms with van der Waals surface area (Å²) in [6.45, 7) is 6.89. The topological polar surface area (TPSA) is 110 Å². The number of likely N-dealkylation sites (tertiary alicyclic amines) is 1. The van der Waals surface area contributed by atoms with Gasteiger partial charge in [0.05, 0.1) is 23.5 Å². The van der Waals surface area contributed by atoms with Crippen molar-refractivity contribution in [2.75, 3.05) is 49.1 Å². The Morgan fingerprint density at radius 1 is 0.909 bits per heavy atom. The number of carbonyl (C=O) groups excluding carboxylic acids is 2. The second-order valence-corrected chi connectivity index (χ2v) is 13.1. The minimum Gasteiger partial charge on any atom is -0.543 e. The van der Waals surface area contributed by atoms with Crippen molar-refractivity contribution in [1.82, 2.24) is 24.5 Å². The van der Waals surface area contributed by atoms with E-state index in [-0.39, 0.29) is 41.7 Å². The molecule has 1 saturated carbocycles. The van der Waals surface area contributed by atoms with Gasteiger partial charge in [0, 0.05) is 50.1 Å². The average Bonchev–Trinajstić information content (AvgIpc) is 3.71. The third-order valence-corrected chi connectivity index (χ3v) is 10.5. The maximum absolute atomic E-state index is 13.6. The molecule has 44 heavy (non-hydrogen) atoms. The normalized spacial score (nSPS) is 23.6. The van der Waals surface area contributed by atoms with Gasteiger partial charge in [-0.15, -0.1) is 5.10 Å². The Kier molecular flexibility index (Phi) is 6.98. The molecule has 2 spiro atoms. The largest absolute Gasteiger partial charge is 1.00 e. The minimum atomic E-state index is -1.28. The predicted molar refractivity (Wildman–Crippen MR) is 159 cm³/mol. The third-order valence-electron chi connectivity index (χ3n) is 10.5. The Hall–Kier alpha value is -3.87. The van der Waals surface area contributed by atoms with E-state index in [9.17, 15) is 14.7 Å². The molecule has 0 N–H and O–H groups in total. The van der Waals surface area contributed by atoms with Crippen LogP contribution in [-0.4, -0.2) is 75.6 Å². The number of amides is 1. The van der Waals surface area contributed by atoms with E-state index in [4.69, 9.17) is 0 Å². The zero-order valence-corrected chi connectivity index (χ0v) is 25.3. The summed E-state index contributed by atoms with van der Waals surface area (Å²) in [7, 11) is 0. The van der Waals surface area contributed by atoms with Gasteiger partial charge in [0.1, 0.15) is 5.82 Å². The fourth-order valence-electron chi connectivity index (χ4n) is 8.00. The first-order chi connectivity index (χ1) is 20.8. The molecule has 4 aliphatic rings. The summed E-state index contributed by atoms with van der Waals surface area (Å²) >= 11 is 0. The molecule has 3 aliphatic heterocycles. The van der Waals surface area contributed by atoms with Gasteiger partial charge >= 0.3 is 18.9 Å². The SMILES string of the molecule is Cc1cc(N2CC3(CC[C@@H]3c3ccccc3)C2)cn2nc(C(=O)N3CC[C@@]4(CCN(c5cccc(C(=O)[O-])n5)C4)C3)nc12.[Li+]. The van der Waals surface area contributed by atoms with Crippen LogP contribution in [0.4, 0.5) is 11.5 Å². The molecular weight excluding hydrogens is 549 g/mol. The molecule has 220 valence electrons. The van der Waals surface area contributed by atoms with Gasteiger partial charge in [-0.3, -0.25) is 4.79 Å². The standard InChI is InChI=1S/C33H35N7O3.Li/c1-22-16-24(39-20-33(21-39)11-10-25(33)23-6-3-2-4-7-23)17-40-29(22)35-28(36-40)30(41)38-15-13-32(19-38)12-14-37(18-32)27-9-5-8-26(34-27)31(42)43;/h2-9,16-17,25H,10-15,18-21H2,1H3,(H,42,43);/q;+1/p-1/t25-,32-;/m1./s1. The van der Waals surface area contributed by atoms with Crippen LogP contribution in [-0.2, 0) is 0 Å². The summed E-state index contributed by atoms with van der Waals surface area (Å²) in [6, 6.07) is 18.0. The number of benzene rings is 1. The number of carboxylic acids is 1. The summed E-state index contributed by atoms with van der Waals surface area (Å²) < 4.78 is 1.78. The third kappa shape index (κ3) is 4.67. The number of aryl methyl sites for hydroxylation is 1. The molecule has 10 nitrogen and oxygen atoms in total. The van der Waals surface area contributed by atoms with E-state index >= 15 is 0 Å². The van der Waals surface area contributed by atoms with Crippen LogP contribution < -0.4 is 33.8 Å². The van der Waals surface area contributed by atoms with Crippen LogP contribution in [0.2, 0.25) is 0 Å². The molecule has 8 rings (SSSR count). The van der Waals surface area contributed by atoms with Crippen molar-refractivity contribution in [2.24, 2.45) is 10.8 Å². The molecule has 0 bridgehead atoms. The van der Waals surface area contributed by atoms with Gasteiger partial charge in [0.25, 0.3) is 5.91 Å². The first-order valence-corrected chi connectivity index (χ1v) is 15.2. The summed E-state index contributed by atoms with van der Waals surface area (Å²) in [5.41, 5.74) is 4.55. The van der Waals surface area contributed by atoms with Crippen LogP contribution >= 0.6 is 0 Å². The van der Waals surface area contributed by atoms with Crippen LogP contribution in [0, 0.1) is 17.8 Å². The predicted octanol–water partition coefficient (Wildman–Crippen LogP) is -0.0732. The van der Waals surface area contributed by atoms with Gasteiger partial charge in [-0.2, -0.15) is 0 Å². The van der Waals surface area contributed by atoms with E-state index in [1.165, 1.54) is 24.5 Å². The van der Waals surface area contributed by atoms with Crippen molar-refractivity contribution < 1.29 is 33.6 Å². The number of aromatic nitrogens is 4. The quantitative estimate of drug-likeness (QED) is 0.301. The monoisotopic (exact) mass is 583 g/mol. The molecule has 1 aliphatic carbocycles. The molecule has 3 aromatic heterocycles. The van der Waals surface area contributed by atoms with E-state index in [0.29, 0.717) is 35.9 Å². The van der Waals surface area contributed by atoms with E-state index in [1.54, 1.807) is 10.6 Å². The van der Waals surface area contributed by atoms with Crippen LogP contribution in [0.25, 0.3) is 5.65 Å². The Bertz CT molecular complexity index is 1750. The van der Waals surface area contributed by atoms with Crippen molar-refractivity contribution in [3.05, 3.63) is 83.4 Å². The summed E-state index contributed by atoms with van der Waals surface area (Å²) in [5, 5.41) is 15.9. The van der Waals surface area contributed by atoms with Crippen molar-refractivity contribution in [1.29, 1.82) is 0 Å². The summed E-state index contributed by atoms with van der Waals surface area (Å²) in [5.74, 6) is 0.0839. The summed E-state index contributed by atoms with van der Waals surface area (Å²) in [6.07, 6.45) is 6.34. The molecule has 1 aromatic carbocycles. The van der Waals surface area contributed by atoms with Crippen LogP contribution in [0.3, 0.4) is 0 Å². The van der Waals surface area contributed by atoms with Crippen LogP contribution in [0.1, 0.15) is 63.8 Å². The van der Waals surface area contributed by atoms with Crippen molar-refractivity contribution >= 4 is 29.0 Å². The van der Waals surface area contributed by atoms with Crippen molar-refractivity contribution in [2.45, 2.75) is 38.5 Å². The molecule has 0 unspecified atom stereocenters. The van der Waals surface area contributed by atoms with E-state index in [1.807, 2.05) is 24.1 Å². The van der Waals surface area contributed by atoms with Gasteiger partial charge in [0.15, 0.2) is 5.65 Å². The van der Waals surface area contributed by atoms with Gasteiger partial charge in [-0.1, -0.05) is 36.4 Å². The average molecular weight is 584 g/mol. The van der Waals surface area contributed by atoms with Gasteiger partial charge < -0.3 is 24.6 Å². The van der Waals surface area contributed by atoms with Crippen LogP contribution in [0.5, 0.6) is 0 Å². The molecule has 3 saturated heterocycles. The van der Waals surface area contributed by atoms with Gasteiger partial charge in [0.2, 0.25) is 5.82 Å². The number of pyridine rings is 2. The summed E-state index contributed by atoms with van der Waals surface area (Å²) in [4.78, 5) is 40.2. The van der Waals surface area contributed by atoms with E-state index in [2.05, 4.69) is 61.3 Å². The fourth-order valence-corrected chi connectivity index (χ4v) is 8.00. The number of hydrogen-bond acceptors (Lipinski definition) is 8. The molecule has 1 amide bonds. The number of hydrogen-bond donors (Lipinski definition) is 0. The fraction of sp³-hybridized carbons (Fsp3) is 0.424. The first kappa shape index (κ1) is 28.9. The first-order valence-electron chi connectivity index (χ1n) is 15.2. The van der Waals surface area contributed by atoms with E-state index in [0.717, 1.165) is 50.3 Å². The van der Waals surface area contributed by atoms with Crippen molar-refractivity contribution in [3.8, 4) is 0 Å². The van der Waals surface area contributed by atoms with Crippen LogP contribution in [0.15, 0.2) is 60.8 Å².